The van der Waals surface area contributed by atoms with Crippen LogP contribution < -0.4 is 10.5 Å². The molecule has 1 aliphatic heterocycles. The minimum Gasteiger partial charge on any atom is -0.465 e. The third-order valence-electron chi connectivity index (χ3n) is 5.71. The van der Waals surface area contributed by atoms with Gasteiger partial charge in [0.1, 0.15) is 0 Å². The summed E-state index contributed by atoms with van der Waals surface area (Å²) in [4.78, 5) is 27.8. The summed E-state index contributed by atoms with van der Waals surface area (Å²) in [7, 11) is 0. The van der Waals surface area contributed by atoms with Crippen LogP contribution in [0.2, 0.25) is 0 Å². The molecule has 1 aliphatic rings. The minimum absolute atomic E-state index is 0.101. The molecule has 0 spiro atoms. The molecule has 172 valence electrons. The van der Waals surface area contributed by atoms with E-state index in [1.165, 1.54) is 27.8 Å². The zero-order valence-corrected chi connectivity index (χ0v) is 18.0. The Labute approximate surface area is 189 Å². The highest BCUT2D eigenvalue weighted by atomic mass is 19.2. The van der Waals surface area contributed by atoms with Crippen molar-refractivity contribution in [1.82, 2.24) is 14.7 Å². The fourth-order valence-corrected chi connectivity index (χ4v) is 3.95. The lowest BCUT2D eigenvalue weighted by Gasteiger charge is -2.23. The molecule has 0 unspecified atom stereocenters. The molecule has 0 radical (unpaired) electrons. The summed E-state index contributed by atoms with van der Waals surface area (Å²) < 4.78 is 28.1. The Morgan fingerprint density at radius 3 is 2.55 bits per heavy atom. The Morgan fingerprint density at radius 1 is 1.03 bits per heavy atom. The maximum atomic E-state index is 13.6. The van der Waals surface area contributed by atoms with Crippen molar-refractivity contribution in [3.63, 3.8) is 0 Å². The number of benzene rings is 2. The fourth-order valence-electron chi connectivity index (χ4n) is 3.95. The molecule has 0 aliphatic carbocycles. The molecule has 7 nitrogen and oxygen atoms in total. The van der Waals surface area contributed by atoms with E-state index in [0.717, 1.165) is 38.1 Å². The monoisotopic (exact) mass is 454 g/mol. The average molecular weight is 454 g/mol. The normalized spacial score (nSPS) is 13.9. The Hall–Kier alpha value is -3.59. The van der Waals surface area contributed by atoms with E-state index in [1.54, 1.807) is 24.3 Å². The maximum absolute atomic E-state index is 13.6. The molecule has 33 heavy (non-hydrogen) atoms. The second-order valence-corrected chi connectivity index (χ2v) is 8.00. The van der Waals surface area contributed by atoms with E-state index in [9.17, 15) is 23.5 Å². The number of hydrogen-bond donors (Lipinski definition) is 1. The van der Waals surface area contributed by atoms with Crippen LogP contribution >= 0.6 is 0 Å². The molecule has 2 aromatic carbocycles. The molecule has 3 aromatic rings. The predicted molar refractivity (Wildman–Crippen MR) is 120 cm³/mol. The number of carboxylic acid groups (broad SMARTS) is 1. The van der Waals surface area contributed by atoms with Gasteiger partial charge in [0.05, 0.1) is 12.2 Å². The molecule has 2 heterocycles. The van der Waals surface area contributed by atoms with Crippen molar-refractivity contribution < 1.29 is 18.7 Å². The van der Waals surface area contributed by atoms with Crippen molar-refractivity contribution in [3.05, 3.63) is 82.1 Å². The van der Waals surface area contributed by atoms with Crippen LogP contribution in [0.4, 0.5) is 19.3 Å². The number of nitrogens with zero attached hydrogens (tertiary/aromatic N) is 4. The summed E-state index contributed by atoms with van der Waals surface area (Å²) in [6.45, 7) is 3.08. The second-order valence-electron chi connectivity index (χ2n) is 8.00. The number of hydrogen-bond acceptors (Lipinski definition) is 4. The van der Waals surface area contributed by atoms with Gasteiger partial charge < -0.3 is 10.0 Å². The van der Waals surface area contributed by atoms with Gasteiger partial charge in [-0.2, -0.15) is 5.10 Å². The zero-order chi connectivity index (χ0) is 23.4. The van der Waals surface area contributed by atoms with Crippen molar-refractivity contribution >= 4 is 11.8 Å². The molecule has 1 amide bonds. The third kappa shape index (κ3) is 5.43. The first kappa shape index (κ1) is 22.6. The van der Waals surface area contributed by atoms with Crippen molar-refractivity contribution in [2.45, 2.75) is 19.4 Å². The lowest BCUT2D eigenvalue weighted by molar-refractivity contribution is 0.200. The number of aromatic nitrogens is 2. The first-order valence-electron chi connectivity index (χ1n) is 10.8. The summed E-state index contributed by atoms with van der Waals surface area (Å²) in [5, 5.41) is 14.0. The van der Waals surface area contributed by atoms with Gasteiger partial charge in [0, 0.05) is 30.4 Å². The molecule has 4 rings (SSSR count). The lowest BCUT2D eigenvalue weighted by atomic mass is 10.1. The highest BCUT2D eigenvalue weighted by Crippen LogP contribution is 2.20. The van der Waals surface area contributed by atoms with Crippen LogP contribution in [-0.4, -0.2) is 52.1 Å². The number of amides is 1. The Kier molecular flexibility index (Phi) is 6.79. The van der Waals surface area contributed by atoms with Gasteiger partial charge >= 0.3 is 6.09 Å². The van der Waals surface area contributed by atoms with Gasteiger partial charge in [0.25, 0.3) is 5.56 Å². The number of carbonyl (C=O) groups is 1. The van der Waals surface area contributed by atoms with Crippen LogP contribution in [-0.2, 0) is 6.54 Å². The Balaban J connectivity index is 1.55. The van der Waals surface area contributed by atoms with E-state index in [4.69, 9.17) is 0 Å². The number of halogens is 2. The van der Waals surface area contributed by atoms with Gasteiger partial charge in [-0.15, -0.1) is 0 Å². The first-order chi connectivity index (χ1) is 15.9. The van der Waals surface area contributed by atoms with E-state index in [0.29, 0.717) is 35.6 Å². The van der Waals surface area contributed by atoms with Gasteiger partial charge in [-0.1, -0.05) is 12.1 Å². The largest absolute Gasteiger partial charge is 0.465 e. The van der Waals surface area contributed by atoms with Crippen molar-refractivity contribution in [3.8, 4) is 11.3 Å². The van der Waals surface area contributed by atoms with Crippen molar-refractivity contribution in [2.24, 2.45) is 0 Å². The summed E-state index contributed by atoms with van der Waals surface area (Å²) in [5.41, 5.74) is 1.51. The molecular formula is C24H24F2N4O3. The summed E-state index contributed by atoms with van der Waals surface area (Å²) in [5.74, 6) is -1.96. The van der Waals surface area contributed by atoms with Crippen LogP contribution in [0.25, 0.3) is 11.3 Å². The molecule has 0 saturated carbocycles. The first-order valence-corrected chi connectivity index (χ1v) is 10.8. The van der Waals surface area contributed by atoms with Gasteiger partial charge in [0.15, 0.2) is 11.6 Å². The molecule has 0 atom stereocenters. The zero-order valence-electron chi connectivity index (χ0n) is 18.0. The topological polar surface area (TPSA) is 78.7 Å². The number of anilines is 1. The van der Waals surface area contributed by atoms with Gasteiger partial charge in [-0.3, -0.25) is 9.69 Å². The van der Waals surface area contributed by atoms with E-state index in [1.807, 2.05) is 0 Å². The number of rotatable bonds is 7. The molecule has 1 fully saturated rings. The van der Waals surface area contributed by atoms with Gasteiger partial charge in [-0.25, -0.2) is 18.3 Å². The molecule has 1 saturated heterocycles. The van der Waals surface area contributed by atoms with Crippen LogP contribution in [0, 0.1) is 11.6 Å². The highest BCUT2D eigenvalue weighted by molar-refractivity contribution is 5.86. The van der Waals surface area contributed by atoms with E-state index in [-0.39, 0.29) is 12.1 Å². The fraction of sp³-hybridized carbons (Fsp3) is 0.292. The van der Waals surface area contributed by atoms with Crippen LogP contribution in [0.3, 0.4) is 0 Å². The lowest BCUT2D eigenvalue weighted by Crippen LogP contribution is -2.37. The SMILES string of the molecule is O=C(O)N(CCN1CCCC1)c1cccc(Cn2nc(-c3ccc(F)c(F)c3)ccc2=O)c1. The average Bonchev–Trinajstić information content (AvgIpc) is 3.31. The highest BCUT2D eigenvalue weighted by Gasteiger charge is 2.18. The van der Waals surface area contributed by atoms with Crippen molar-refractivity contribution in [1.29, 1.82) is 0 Å². The molecule has 9 heteroatoms. The van der Waals surface area contributed by atoms with Crippen LogP contribution in [0.5, 0.6) is 0 Å². The summed E-state index contributed by atoms with van der Waals surface area (Å²) in [6, 6.07) is 13.1. The Morgan fingerprint density at radius 2 is 1.82 bits per heavy atom. The van der Waals surface area contributed by atoms with Crippen LogP contribution in [0.1, 0.15) is 18.4 Å². The molecule has 1 N–H and O–H groups in total. The smallest absolute Gasteiger partial charge is 0.411 e. The molecule has 1 aromatic heterocycles. The standard InChI is InChI=1S/C24H24F2N4O3/c25-20-7-6-18(15-21(20)26)22-8-9-23(31)30(27-22)16-17-4-3-5-19(14-17)29(24(32)33)13-12-28-10-1-2-11-28/h3-9,14-15H,1-2,10-13,16H2,(H,32,33). The quantitative estimate of drug-likeness (QED) is 0.587. The molecule has 0 bridgehead atoms. The minimum atomic E-state index is -1.04. The Bertz CT molecular complexity index is 1210. The van der Waals surface area contributed by atoms with E-state index < -0.39 is 17.7 Å². The van der Waals surface area contributed by atoms with E-state index in [2.05, 4.69) is 10.00 Å². The van der Waals surface area contributed by atoms with Gasteiger partial charge in [-0.05, 0) is 67.9 Å². The van der Waals surface area contributed by atoms with Crippen molar-refractivity contribution in [2.75, 3.05) is 31.1 Å². The maximum Gasteiger partial charge on any atom is 0.411 e. The third-order valence-corrected chi connectivity index (χ3v) is 5.71. The summed E-state index contributed by atoms with van der Waals surface area (Å²) in [6.07, 6.45) is 1.23. The van der Waals surface area contributed by atoms with Gasteiger partial charge in [0.2, 0.25) is 0 Å². The molecular weight excluding hydrogens is 430 g/mol. The number of likely N-dealkylation sites (tertiary alicyclic amines) is 1. The van der Waals surface area contributed by atoms with E-state index >= 15 is 0 Å². The van der Waals surface area contributed by atoms with Crippen LogP contribution in [0.15, 0.2) is 59.4 Å². The second kappa shape index (κ2) is 9.91. The predicted octanol–water partition coefficient (Wildman–Crippen LogP) is 3.82. The summed E-state index contributed by atoms with van der Waals surface area (Å²) >= 11 is 0.